The molecule has 0 aliphatic rings. The zero-order valence-corrected chi connectivity index (χ0v) is 15.2. The Morgan fingerprint density at radius 1 is 0.625 bits per heavy atom. The molecule has 0 fully saturated rings. The third-order valence-corrected chi connectivity index (χ3v) is 4.47. The van der Waals surface area contributed by atoms with Crippen LogP contribution in [0.3, 0.4) is 0 Å². The number of para-hydroxylation sites is 2. The summed E-state index contributed by atoms with van der Waals surface area (Å²) in [4.78, 5) is 0. The molecule has 2 aromatic rings. The first kappa shape index (κ1) is 18.4. The first-order valence-corrected chi connectivity index (χ1v) is 9.46. The molecule has 0 spiro atoms. The van der Waals surface area contributed by atoms with Crippen molar-refractivity contribution in [2.75, 3.05) is 10.6 Å². The lowest BCUT2D eigenvalue weighted by Crippen LogP contribution is -2.39. The SMILES string of the molecule is CCCCC(Nc1ccccc1)C(CCCC)Nc1ccccc1. The van der Waals surface area contributed by atoms with Gasteiger partial charge in [0.05, 0.1) is 0 Å². The van der Waals surface area contributed by atoms with Gasteiger partial charge in [0.1, 0.15) is 0 Å². The first-order chi connectivity index (χ1) is 11.8. The second kappa shape index (κ2) is 10.7. The van der Waals surface area contributed by atoms with Crippen LogP contribution in [0.2, 0.25) is 0 Å². The highest BCUT2D eigenvalue weighted by molar-refractivity contribution is 5.47. The number of benzene rings is 2. The molecule has 0 bridgehead atoms. The molecule has 0 aliphatic heterocycles. The van der Waals surface area contributed by atoms with Crippen LogP contribution in [-0.4, -0.2) is 12.1 Å². The maximum absolute atomic E-state index is 3.78. The van der Waals surface area contributed by atoms with Gasteiger partial charge in [0, 0.05) is 23.5 Å². The minimum atomic E-state index is 0.444. The van der Waals surface area contributed by atoms with E-state index in [0.717, 1.165) is 0 Å². The lowest BCUT2D eigenvalue weighted by Gasteiger charge is -2.31. The van der Waals surface area contributed by atoms with Gasteiger partial charge in [0.2, 0.25) is 0 Å². The number of rotatable bonds is 11. The fourth-order valence-corrected chi connectivity index (χ4v) is 3.09. The molecule has 0 aromatic heterocycles. The van der Waals surface area contributed by atoms with Gasteiger partial charge in [-0.2, -0.15) is 0 Å². The summed E-state index contributed by atoms with van der Waals surface area (Å²) in [6.45, 7) is 4.54. The molecule has 0 aliphatic carbocycles. The summed E-state index contributed by atoms with van der Waals surface area (Å²) in [5.74, 6) is 0. The highest BCUT2D eigenvalue weighted by Gasteiger charge is 2.20. The molecule has 0 heterocycles. The molecule has 0 saturated heterocycles. The summed E-state index contributed by atoms with van der Waals surface area (Å²) in [5.41, 5.74) is 2.44. The van der Waals surface area contributed by atoms with Crippen molar-refractivity contribution in [3.05, 3.63) is 60.7 Å². The first-order valence-electron chi connectivity index (χ1n) is 9.46. The Balaban J connectivity index is 2.12. The zero-order chi connectivity index (χ0) is 17.0. The fourth-order valence-electron chi connectivity index (χ4n) is 3.09. The Kier molecular flexibility index (Phi) is 8.23. The summed E-state index contributed by atoms with van der Waals surface area (Å²) in [6, 6.07) is 22.1. The number of anilines is 2. The minimum absolute atomic E-state index is 0.444. The van der Waals surface area contributed by atoms with Crippen molar-refractivity contribution >= 4 is 11.4 Å². The second-order valence-electron chi connectivity index (χ2n) is 6.52. The summed E-state index contributed by atoms with van der Waals surface area (Å²) in [7, 11) is 0. The van der Waals surface area contributed by atoms with E-state index in [1.807, 2.05) is 0 Å². The molecule has 2 unspecified atom stereocenters. The molecule has 2 atom stereocenters. The van der Waals surface area contributed by atoms with Gasteiger partial charge >= 0.3 is 0 Å². The van der Waals surface area contributed by atoms with Crippen LogP contribution >= 0.6 is 0 Å². The van der Waals surface area contributed by atoms with Gasteiger partial charge in [-0.05, 0) is 37.1 Å². The van der Waals surface area contributed by atoms with E-state index in [4.69, 9.17) is 0 Å². The van der Waals surface area contributed by atoms with E-state index in [1.165, 1.54) is 49.9 Å². The van der Waals surface area contributed by atoms with Crippen LogP contribution in [0.5, 0.6) is 0 Å². The van der Waals surface area contributed by atoms with Gasteiger partial charge in [0.15, 0.2) is 0 Å². The van der Waals surface area contributed by atoms with Gasteiger partial charge in [-0.25, -0.2) is 0 Å². The van der Waals surface area contributed by atoms with Gasteiger partial charge < -0.3 is 10.6 Å². The lowest BCUT2D eigenvalue weighted by molar-refractivity contribution is 0.490. The van der Waals surface area contributed by atoms with E-state index < -0.39 is 0 Å². The number of unbranched alkanes of at least 4 members (excludes halogenated alkanes) is 2. The maximum atomic E-state index is 3.78. The van der Waals surface area contributed by atoms with Crippen LogP contribution in [-0.2, 0) is 0 Å². The van der Waals surface area contributed by atoms with Crippen molar-refractivity contribution in [2.24, 2.45) is 0 Å². The predicted octanol–water partition coefficient (Wildman–Crippen LogP) is 6.33. The smallest absolute Gasteiger partial charge is 0.0462 e. The average Bonchev–Trinajstić information content (AvgIpc) is 2.64. The van der Waals surface area contributed by atoms with E-state index in [1.54, 1.807) is 0 Å². The van der Waals surface area contributed by atoms with Crippen molar-refractivity contribution in [1.82, 2.24) is 0 Å². The standard InChI is InChI=1S/C22H32N2/c1-3-5-17-21(23-19-13-9-7-10-14-19)22(18-6-4-2)24-20-15-11-8-12-16-20/h7-16,21-24H,3-6,17-18H2,1-2H3. The van der Waals surface area contributed by atoms with E-state index >= 15 is 0 Å². The summed E-state index contributed by atoms with van der Waals surface area (Å²) < 4.78 is 0. The van der Waals surface area contributed by atoms with E-state index in [-0.39, 0.29) is 0 Å². The van der Waals surface area contributed by atoms with Crippen molar-refractivity contribution in [2.45, 2.75) is 64.5 Å². The van der Waals surface area contributed by atoms with Crippen LogP contribution in [0, 0.1) is 0 Å². The van der Waals surface area contributed by atoms with Crippen LogP contribution < -0.4 is 10.6 Å². The van der Waals surface area contributed by atoms with Gasteiger partial charge in [0.25, 0.3) is 0 Å². The summed E-state index contributed by atoms with van der Waals surface area (Å²) in [5, 5.41) is 7.56. The van der Waals surface area contributed by atoms with Gasteiger partial charge in [-0.3, -0.25) is 0 Å². The van der Waals surface area contributed by atoms with Crippen molar-refractivity contribution in [1.29, 1.82) is 0 Å². The fraction of sp³-hybridized carbons (Fsp3) is 0.455. The Labute approximate surface area is 147 Å². The lowest BCUT2D eigenvalue weighted by atomic mass is 9.96. The van der Waals surface area contributed by atoms with Gasteiger partial charge in [-0.1, -0.05) is 75.9 Å². The monoisotopic (exact) mass is 324 g/mol. The molecule has 0 amide bonds. The van der Waals surface area contributed by atoms with Crippen LogP contribution in [0.1, 0.15) is 52.4 Å². The molecule has 24 heavy (non-hydrogen) atoms. The quantitative estimate of drug-likeness (QED) is 0.505. The van der Waals surface area contributed by atoms with Gasteiger partial charge in [-0.15, -0.1) is 0 Å². The third-order valence-electron chi connectivity index (χ3n) is 4.47. The molecule has 0 radical (unpaired) electrons. The highest BCUT2D eigenvalue weighted by Crippen LogP contribution is 2.20. The van der Waals surface area contributed by atoms with E-state index in [9.17, 15) is 0 Å². The molecule has 2 aromatic carbocycles. The number of hydrogen-bond acceptors (Lipinski definition) is 2. The van der Waals surface area contributed by atoms with E-state index in [0.29, 0.717) is 12.1 Å². The highest BCUT2D eigenvalue weighted by atomic mass is 15.0. The molecule has 130 valence electrons. The van der Waals surface area contributed by atoms with Crippen molar-refractivity contribution in [3.8, 4) is 0 Å². The Morgan fingerprint density at radius 3 is 1.33 bits per heavy atom. The predicted molar refractivity (Wildman–Crippen MR) is 107 cm³/mol. The largest absolute Gasteiger partial charge is 0.380 e. The number of hydrogen-bond donors (Lipinski definition) is 2. The Morgan fingerprint density at radius 2 is 1.00 bits per heavy atom. The Hall–Kier alpha value is -1.96. The van der Waals surface area contributed by atoms with Crippen molar-refractivity contribution in [3.63, 3.8) is 0 Å². The second-order valence-corrected chi connectivity index (χ2v) is 6.52. The summed E-state index contributed by atoms with van der Waals surface area (Å²) >= 11 is 0. The van der Waals surface area contributed by atoms with Crippen molar-refractivity contribution < 1.29 is 0 Å². The Bertz CT molecular complexity index is 487. The zero-order valence-electron chi connectivity index (χ0n) is 15.2. The van der Waals surface area contributed by atoms with Crippen LogP contribution in [0.25, 0.3) is 0 Å². The molecule has 2 N–H and O–H groups in total. The van der Waals surface area contributed by atoms with E-state index in [2.05, 4.69) is 85.1 Å². The topological polar surface area (TPSA) is 24.1 Å². The normalized spacial score (nSPS) is 13.2. The minimum Gasteiger partial charge on any atom is -0.380 e. The molecule has 2 rings (SSSR count). The number of nitrogens with one attached hydrogen (secondary N) is 2. The van der Waals surface area contributed by atoms with Crippen LogP contribution in [0.15, 0.2) is 60.7 Å². The molecular formula is C22H32N2. The summed E-state index contributed by atoms with van der Waals surface area (Å²) in [6.07, 6.45) is 7.37. The third kappa shape index (κ3) is 6.27. The molecule has 0 saturated carbocycles. The molecular weight excluding hydrogens is 292 g/mol. The molecule has 2 heteroatoms. The molecule has 2 nitrogen and oxygen atoms in total. The average molecular weight is 325 g/mol. The van der Waals surface area contributed by atoms with Crippen LogP contribution in [0.4, 0.5) is 11.4 Å². The maximum Gasteiger partial charge on any atom is 0.0462 e.